The summed E-state index contributed by atoms with van der Waals surface area (Å²) in [5.41, 5.74) is 11.4. The fourth-order valence-corrected chi connectivity index (χ4v) is 1.06. The maximum Gasteiger partial charge on any atom is 0.219 e. The Labute approximate surface area is 76.7 Å². The van der Waals surface area contributed by atoms with Gasteiger partial charge in [-0.1, -0.05) is 0 Å². The van der Waals surface area contributed by atoms with Gasteiger partial charge in [0.05, 0.1) is 18.1 Å². The zero-order chi connectivity index (χ0) is 9.84. The lowest BCUT2D eigenvalue weighted by Crippen LogP contribution is -2.20. The lowest BCUT2D eigenvalue weighted by Gasteiger charge is -2.04. The second-order valence-corrected chi connectivity index (χ2v) is 2.91. The molecule has 0 aromatic carbocycles. The topological polar surface area (TPSA) is 86.9 Å². The number of nitrogens with zero attached hydrogens (tertiary/aromatic N) is 2. The van der Waals surface area contributed by atoms with Crippen molar-refractivity contribution in [3.8, 4) is 0 Å². The molecule has 13 heavy (non-hydrogen) atoms. The summed E-state index contributed by atoms with van der Waals surface area (Å²) < 4.78 is 1.90. The molecule has 1 rings (SSSR count). The first kappa shape index (κ1) is 9.73. The van der Waals surface area contributed by atoms with Crippen molar-refractivity contribution in [3.63, 3.8) is 0 Å². The van der Waals surface area contributed by atoms with E-state index in [4.69, 9.17) is 11.5 Å². The average Bonchev–Trinajstić information content (AvgIpc) is 2.50. The molecule has 0 aliphatic rings. The highest BCUT2D eigenvalue weighted by molar-refractivity contribution is 5.74. The van der Waals surface area contributed by atoms with E-state index >= 15 is 0 Å². The van der Waals surface area contributed by atoms with Gasteiger partial charge in [0.25, 0.3) is 0 Å². The van der Waals surface area contributed by atoms with Crippen molar-refractivity contribution in [2.75, 3.05) is 0 Å². The third kappa shape index (κ3) is 2.55. The van der Waals surface area contributed by atoms with Gasteiger partial charge in [0.2, 0.25) is 5.91 Å². The highest BCUT2D eigenvalue weighted by Gasteiger charge is 2.11. The number of imidazole rings is 1. The molecule has 0 saturated carbocycles. The number of hydrogen-bond acceptors (Lipinski definition) is 3. The number of carbonyl (C=O) groups excluding carboxylic acids is 1. The largest absolute Gasteiger partial charge is 0.370 e. The zero-order valence-corrected chi connectivity index (χ0v) is 7.60. The Morgan fingerprint density at radius 1 is 1.77 bits per heavy atom. The van der Waals surface area contributed by atoms with Crippen molar-refractivity contribution >= 4 is 5.91 Å². The van der Waals surface area contributed by atoms with Crippen LogP contribution in [0.4, 0.5) is 0 Å². The van der Waals surface area contributed by atoms with Gasteiger partial charge in [-0.15, -0.1) is 0 Å². The van der Waals surface area contributed by atoms with Crippen LogP contribution in [0.15, 0.2) is 12.5 Å². The molecule has 0 saturated heterocycles. The molecule has 4 N–H and O–H groups in total. The van der Waals surface area contributed by atoms with Gasteiger partial charge < -0.3 is 16.0 Å². The van der Waals surface area contributed by atoms with Crippen LogP contribution < -0.4 is 11.5 Å². The van der Waals surface area contributed by atoms with Crippen LogP contribution in [0.1, 0.15) is 25.1 Å². The Hall–Kier alpha value is -1.36. The SMILES string of the molecule is CCn1cnc([C@@H](N)CC(N)=O)c1. The summed E-state index contributed by atoms with van der Waals surface area (Å²) in [6, 6.07) is -0.384. The number of hydrogen-bond donors (Lipinski definition) is 2. The molecule has 1 aromatic heterocycles. The van der Waals surface area contributed by atoms with Crippen LogP contribution in [0.25, 0.3) is 0 Å². The number of amides is 1. The molecule has 0 spiro atoms. The van der Waals surface area contributed by atoms with Crippen LogP contribution >= 0.6 is 0 Å². The van der Waals surface area contributed by atoms with E-state index in [1.165, 1.54) is 0 Å². The summed E-state index contributed by atoms with van der Waals surface area (Å²) >= 11 is 0. The van der Waals surface area contributed by atoms with E-state index in [0.29, 0.717) is 5.69 Å². The number of rotatable bonds is 4. The molecular formula is C8H14N4O. The van der Waals surface area contributed by atoms with Gasteiger partial charge in [0, 0.05) is 19.2 Å². The van der Waals surface area contributed by atoms with Crippen molar-refractivity contribution in [2.45, 2.75) is 25.9 Å². The van der Waals surface area contributed by atoms with Crippen LogP contribution in [0, 0.1) is 0 Å². The van der Waals surface area contributed by atoms with Gasteiger partial charge in [-0.3, -0.25) is 4.79 Å². The van der Waals surface area contributed by atoms with Gasteiger partial charge in [-0.2, -0.15) is 0 Å². The van der Waals surface area contributed by atoms with E-state index in [0.717, 1.165) is 6.54 Å². The molecule has 0 unspecified atom stereocenters. The predicted octanol–water partition coefficient (Wildman–Crippen LogP) is -0.222. The van der Waals surface area contributed by atoms with Gasteiger partial charge in [-0.25, -0.2) is 4.98 Å². The van der Waals surface area contributed by atoms with E-state index in [1.54, 1.807) is 6.33 Å². The fraction of sp³-hybridized carbons (Fsp3) is 0.500. The average molecular weight is 182 g/mol. The highest BCUT2D eigenvalue weighted by atomic mass is 16.1. The number of aryl methyl sites for hydroxylation is 1. The Bertz CT molecular complexity index is 294. The maximum atomic E-state index is 10.6. The Balaban J connectivity index is 2.65. The second-order valence-electron chi connectivity index (χ2n) is 2.91. The number of aromatic nitrogens is 2. The normalized spacial score (nSPS) is 12.8. The number of nitrogens with two attached hydrogens (primary N) is 2. The Kier molecular flexibility index (Phi) is 3.02. The molecule has 5 nitrogen and oxygen atoms in total. The minimum Gasteiger partial charge on any atom is -0.370 e. The second kappa shape index (κ2) is 4.04. The molecule has 1 heterocycles. The van der Waals surface area contributed by atoms with Crippen molar-refractivity contribution in [2.24, 2.45) is 11.5 Å². The first-order valence-electron chi connectivity index (χ1n) is 4.19. The molecular weight excluding hydrogens is 168 g/mol. The number of primary amides is 1. The van der Waals surface area contributed by atoms with E-state index in [2.05, 4.69) is 4.98 Å². The van der Waals surface area contributed by atoms with Crippen LogP contribution in [-0.4, -0.2) is 15.5 Å². The molecule has 0 radical (unpaired) electrons. The van der Waals surface area contributed by atoms with Crippen molar-refractivity contribution in [1.29, 1.82) is 0 Å². The summed E-state index contributed by atoms with van der Waals surface area (Å²) in [6.45, 7) is 2.85. The molecule has 5 heteroatoms. The van der Waals surface area contributed by atoms with Crippen LogP contribution in [0.3, 0.4) is 0 Å². The molecule has 1 aromatic rings. The molecule has 0 aliphatic heterocycles. The van der Waals surface area contributed by atoms with E-state index in [-0.39, 0.29) is 12.5 Å². The van der Waals surface area contributed by atoms with Gasteiger partial charge in [-0.05, 0) is 6.92 Å². The molecule has 0 fully saturated rings. The summed E-state index contributed by atoms with van der Waals surface area (Å²) in [6.07, 6.45) is 3.66. The minimum absolute atomic E-state index is 0.140. The fourth-order valence-electron chi connectivity index (χ4n) is 1.06. The third-order valence-corrected chi connectivity index (χ3v) is 1.82. The lowest BCUT2D eigenvalue weighted by molar-refractivity contribution is -0.118. The smallest absolute Gasteiger partial charge is 0.219 e. The van der Waals surface area contributed by atoms with Gasteiger partial charge >= 0.3 is 0 Å². The highest BCUT2D eigenvalue weighted by Crippen LogP contribution is 2.10. The van der Waals surface area contributed by atoms with Crippen LogP contribution in [0.5, 0.6) is 0 Å². The summed E-state index contributed by atoms with van der Waals surface area (Å²) in [7, 11) is 0. The lowest BCUT2D eigenvalue weighted by atomic mass is 10.1. The zero-order valence-electron chi connectivity index (χ0n) is 7.60. The van der Waals surface area contributed by atoms with E-state index in [1.807, 2.05) is 17.7 Å². The van der Waals surface area contributed by atoms with Gasteiger partial charge in [0.1, 0.15) is 0 Å². The minimum atomic E-state index is -0.404. The summed E-state index contributed by atoms with van der Waals surface area (Å²) in [4.78, 5) is 14.6. The van der Waals surface area contributed by atoms with Crippen molar-refractivity contribution in [3.05, 3.63) is 18.2 Å². The van der Waals surface area contributed by atoms with Gasteiger partial charge in [0.15, 0.2) is 0 Å². The van der Waals surface area contributed by atoms with E-state index < -0.39 is 5.91 Å². The maximum absolute atomic E-state index is 10.6. The van der Waals surface area contributed by atoms with Crippen LogP contribution in [-0.2, 0) is 11.3 Å². The molecule has 0 aliphatic carbocycles. The molecule has 1 amide bonds. The first-order valence-corrected chi connectivity index (χ1v) is 4.19. The first-order chi connectivity index (χ1) is 6.13. The van der Waals surface area contributed by atoms with Crippen LogP contribution in [0.2, 0.25) is 0 Å². The monoisotopic (exact) mass is 182 g/mol. The summed E-state index contributed by atoms with van der Waals surface area (Å²) in [5.74, 6) is -0.404. The number of carbonyl (C=O) groups is 1. The van der Waals surface area contributed by atoms with Crippen molar-refractivity contribution < 1.29 is 4.79 Å². The standard InChI is InChI=1S/C8H14N4O/c1-2-12-4-7(11-5-12)6(9)3-8(10)13/h4-6H,2-3,9H2,1H3,(H2,10,13)/t6-/m0/s1. The Morgan fingerprint density at radius 3 is 2.92 bits per heavy atom. The van der Waals surface area contributed by atoms with E-state index in [9.17, 15) is 4.79 Å². The van der Waals surface area contributed by atoms with Crippen molar-refractivity contribution in [1.82, 2.24) is 9.55 Å². The third-order valence-electron chi connectivity index (χ3n) is 1.82. The molecule has 72 valence electrons. The quantitative estimate of drug-likeness (QED) is 0.674. The summed E-state index contributed by atoms with van der Waals surface area (Å²) in [5, 5.41) is 0. The molecule has 1 atom stereocenters. The molecule has 0 bridgehead atoms. The Morgan fingerprint density at radius 2 is 2.46 bits per heavy atom. The predicted molar refractivity (Wildman–Crippen MR) is 48.6 cm³/mol.